The number of ether oxygens (including phenoxy) is 2. The first-order valence-corrected chi connectivity index (χ1v) is 9.37. The van der Waals surface area contributed by atoms with Gasteiger partial charge in [-0.15, -0.1) is 24.0 Å². The van der Waals surface area contributed by atoms with E-state index in [0.29, 0.717) is 12.0 Å². The maximum atomic E-state index is 5.76. The van der Waals surface area contributed by atoms with Crippen LogP contribution < -0.4 is 5.32 Å². The van der Waals surface area contributed by atoms with Gasteiger partial charge in [0, 0.05) is 64.9 Å². The van der Waals surface area contributed by atoms with E-state index in [-0.39, 0.29) is 24.0 Å². The average molecular weight is 464 g/mol. The zero-order valence-corrected chi connectivity index (χ0v) is 17.7. The van der Waals surface area contributed by atoms with E-state index in [2.05, 4.69) is 32.3 Å². The lowest BCUT2D eigenvalue weighted by Crippen LogP contribution is -2.43. The van der Waals surface area contributed by atoms with Gasteiger partial charge in [-0.3, -0.25) is 9.89 Å². The van der Waals surface area contributed by atoms with Crippen molar-refractivity contribution in [2.75, 3.05) is 66.2 Å². The summed E-state index contributed by atoms with van der Waals surface area (Å²) in [5.41, 5.74) is 0. The smallest absolute Gasteiger partial charge is 0.193 e. The number of likely N-dealkylation sites (tertiary alicyclic amines) is 1. The summed E-state index contributed by atoms with van der Waals surface area (Å²) in [7, 11) is 1.88. The van der Waals surface area contributed by atoms with Gasteiger partial charge in [-0.05, 0) is 19.3 Å². The van der Waals surface area contributed by atoms with E-state index >= 15 is 0 Å². The van der Waals surface area contributed by atoms with Crippen molar-refractivity contribution in [2.24, 2.45) is 10.9 Å². The van der Waals surface area contributed by atoms with Gasteiger partial charge in [0.05, 0.1) is 13.2 Å². The van der Waals surface area contributed by atoms with Crippen LogP contribution in [0.25, 0.3) is 0 Å². The minimum absolute atomic E-state index is 0. The first-order chi connectivity index (χ1) is 11.9. The number of hydrogen-bond acceptors (Lipinski definition) is 4. The molecule has 0 aromatic heterocycles. The lowest BCUT2D eigenvalue weighted by atomic mass is 10.1. The average Bonchev–Trinajstić information content (AvgIpc) is 3.34. The van der Waals surface area contributed by atoms with Gasteiger partial charge in [-0.25, -0.2) is 0 Å². The lowest BCUT2D eigenvalue weighted by Gasteiger charge is -2.25. The Bertz CT molecular complexity index is 433. The van der Waals surface area contributed by atoms with Crippen molar-refractivity contribution in [1.29, 1.82) is 0 Å². The van der Waals surface area contributed by atoms with Crippen molar-refractivity contribution in [3.8, 4) is 0 Å². The van der Waals surface area contributed by atoms with Crippen molar-refractivity contribution >= 4 is 29.9 Å². The second-order valence-corrected chi connectivity index (χ2v) is 6.95. The fourth-order valence-electron chi connectivity index (χ4n) is 3.70. The zero-order chi connectivity index (χ0) is 16.6. The normalized spacial score (nSPS) is 27.1. The maximum Gasteiger partial charge on any atom is 0.193 e. The molecule has 3 heterocycles. The van der Waals surface area contributed by atoms with Crippen molar-refractivity contribution < 1.29 is 9.47 Å². The Hall–Kier alpha value is -0.380. The first-order valence-electron chi connectivity index (χ1n) is 9.37. The fraction of sp³-hybridized carbons (Fsp3) is 0.833. The Morgan fingerprint density at radius 1 is 1.32 bits per heavy atom. The Kier molecular flexibility index (Phi) is 9.51. The van der Waals surface area contributed by atoms with Gasteiger partial charge in [0.25, 0.3) is 0 Å². The molecular formula is C18H33IN4O2. The summed E-state index contributed by atoms with van der Waals surface area (Å²) in [6.07, 6.45) is 7.93. The van der Waals surface area contributed by atoms with Gasteiger partial charge < -0.3 is 19.7 Å². The highest BCUT2D eigenvalue weighted by molar-refractivity contribution is 14.0. The van der Waals surface area contributed by atoms with Crippen LogP contribution in [-0.2, 0) is 9.47 Å². The van der Waals surface area contributed by atoms with E-state index in [1.54, 1.807) is 0 Å². The van der Waals surface area contributed by atoms with Crippen LogP contribution in [0, 0.1) is 5.92 Å². The van der Waals surface area contributed by atoms with Crippen LogP contribution in [0.15, 0.2) is 17.1 Å². The SMILES string of the molecule is CN=C(NCCCOCC1CCOC1)N1CCC(N2CC=CC2)C1.I. The summed E-state index contributed by atoms with van der Waals surface area (Å²) in [6, 6.07) is 0.663. The Labute approximate surface area is 169 Å². The molecule has 25 heavy (non-hydrogen) atoms. The van der Waals surface area contributed by atoms with Crippen molar-refractivity contribution in [1.82, 2.24) is 15.1 Å². The topological polar surface area (TPSA) is 49.3 Å². The second-order valence-electron chi connectivity index (χ2n) is 6.95. The van der Waals surface area contributed by atoms with E-state index in [1.807, 2.05) is 7.05 Å². The molecule has 3 aliphatic rings. The van der Waals surface area contributed by atoms with Crippen LogP contribution in [0.3, 0.4) is 0 Å². The molecule has 0 bridgehead atoms. The number of nitrogens with zero attached hydrogens (tertiary/aromatic N) is 3. The molecule has 6 nitrogen and oxygen atoms in total. The minimum Gasteiger partial charge on any atom is -0.381 e. The van der Waals surface area contributed by atoms with E-state index < -0.39 is 0 Å². The van der Waals surface area contributed by atoms with Crippen molar-refractivity contribution in [3.05, 3.63) is 12.2 Å². The third-order valence-electron chi connectivity index (χ3n) is 5.16. The van der Waals surface area contributed by atoms with E-state index in [9.17, 15) is 0 Å². The summed E-state index contributed by atoms with van der Waals surface area (Å²) in [5.74, 6) is 1.64. The van der Waals surface area contributed by atoms with Crippen molar-refractivity contribution in [2.45, 2.75) is 25.3 Å². The molecule has 2 atom stereocenters. The number of halogens is 1. The van der Waals surface area contributed by atoms with Gasteiger partial charge >= 0.3 is 0 Å². The molecule has 2 saturated heterocycles. The first kappa shape index (κ1) is 20.9. The van der Waals surface area contributed by atoms with Crippen LogP contribution in [-0.4, -0.2) is 88.0 Å². The standard InChI is InChI=1S/C18H32N4O2.HI/c1-19-18(20-7-4-11-23-14-16-6-12-24-15-16)22-10-5-17(13-22)21-8-2-3-9-21;/h2-3,16-17H,4-15H2,1H3,(H,19,20);1H. The number of nitrogens with one attached hydrogen (secondary N) is 1. The summed E-state index contributed by atoms with van der Waals surface area (Å²) >= 11 is 0. The maximum absolute atomic E-state index is 5.76. The monoisotopic (exact) mass is 464 g/mol. The molecule has 1 N–H and O–H groups in total. The minimum atomic E-state index is 0. The molecule has 2 fully saturated rings. The van der Waals surface area contributed by atoms with Gasteiger partial charge in [-0.2, -0.15) is 0 Å². The molecule has 3 rings (SSSR count). The molecule has 2 unspecified atom stereocenters. The quantitative estimate of drug-likeness (QED) is 0.204. The molecule has 0 radical (unpaired) electrons. The molecule has 0 aromatic carbocycles. The summed E-state index contributed by atoms with van der Waals surface area (Å²) in [5, 5.41) is 3.49. The molecule has 0 amide bonds. The number of guanidine groups is 1. The number of rotatable bonds is 7. The Balaban J connectivity index is 0.00000225. The van der Waals surface area contributed by atoms with Crippen LogP contribution in [0.5, 0.6) is 0 Å². The molecule has 0 aliphatic carbocycles. The Morgan fingerprint density at radius 2 is 2.16 bits per heavy atom. The highest BCUT2D eigenvalue weighted by Crippen LogP contribution is 2.17. The molecule has 7 heteroatoms. The van der Waals surface area contributed by atoms with Gasteiger partial charge in [0.1, 0.15) is 0 Å². The molecule has 0 spiro atoms. The third-order valence-corrected chi connectivity index (χ3v) is 5.16. The largest absolute Gasteiger partial charge is 0.381 e. The van der Waals surface area contributed by atoms with Crippen LogP contribution in [0.2, 0.25) is 0 Å². The fourth-order valence-corrected chi connectivity index (χ4v) is 3.70. The number of hydrogen-bond donors (Lipinski definition) is 1. The highest BCUT2D eigenvalue weighted by atomic mass is 127. The molecule has 144 valence electrons. The molecule has 0 saturated carbocycles. The van der Waals surface area contributed by atoms with Crippen molar-refractivity contribution in [3.63, 3.8) is 0 Å². The Morgan fingerprint density at radius 3 is 2.88 bits per heavy atom. The van der Waals surface area contributed by atoms with Gasteiger partial charge in [0.2, 0.25) is 0 Å². The van der Waals surface area contributed by atoms with Crippen LogP contribution >= 0.6 is 24.0 Å². The molecule has 0 aromatic rings. The van der Waals surface area contributed by atoms with E-state index in [1.165, 1.54) is 6.42 Å². The summed E-state index contributed by atoms with van der Waals surface area (Å²) in [6.45, 7) is 8.72. The lowest BCUT2D eigenvalue weighted by molar-refractivity contribution is 0.0887. The number of aliphatic imine (C=N–C) groups is 1. The summed E-state index contributed by atoms with van der Waals surface area (Å²) < 4.78 is 11.1. The summed E-state index contributed by atoms with van der Waals surface area (Å²) in [4.78, 5) is 9.39. The predicted molar refractivity (Wildman–Crippen MR) is 112 cm³/mol. The second kappa shape index (κ2) is 11.4. The highest BCUT2D eigenvalue weighted by Gasteiger charge is 2.29. The zero-order valence-electron chi connectivity index (χ0n) is 15.4. The molecular weight excluding hydrogens is 431 g/mol. The molecule has 3 aliphatic heterocycles. The van der Waals surface area contributed by atoms with E-state index in [4.69, 9.17) is 9.47 Å². The predicted octanol–water partition coefficient (Wildman–Crippen LogP) is 1.57. The van der Waals surface area contributed by atoms with Gasteiger partial charge in [-0.1, -0.05) is 12.2 Å². The van der Waals surface area contributed by atoms with E-state index in [0.717, 1.165) is 78.0 Å². The van der Waals surface area contributed by atoms with Crippen LogP contribution in [0.1, 0.15) is 19.3 Å². The van der Waals surface area contributed by atoms with Gasteiger partial charge in [0.15, 0.2) is 5.96 Å². The van der Waals surface area contributed by atoms with Crippen LogP contribution in [0.4, 0.5) is 0 Å². The third kappa shape index (κ3) is 6.37.